The number of carbonyl (C=O) groups is 1. The number of thioether (sulfide) groups is 1. The Balaban J connectivity index is 1.55. The highest BCUT2D eigenvalue weighted by atomic mass is 32.2. The van der Waals surface area contributed by atoms with Gasteiger partial charge in [-0.05, 0) is 37.1 Å². The Morgan fingerprint density at radius 1 is 1.08 bits per heavy atom. The molecule has 0 radical (unpaired) electrons. The van der Waals surface area contributed by atoms with Crippen molar-refractivity contribution in [2.45, 2.75) is 49.4 Å². The van der Waals surface area contributed by atoms with Gasteiger partial charge in [0.25, 0.3) is 0 Å². The van der Waals surface area contributed by atoms with E-state index in [0.717, 1.165) is 25.9 Å². The van der Waals surface area contributed by atoms with Crippen LogP contribution in [0.25, 0.3) is 0 Å². The second-order valence-corrected chi connectivity index (χ2v) is 8.89. The smallest absolute Gasteiger partial charge is 0.320 e. The molecule has 3 aliphatic rings. The van der Waals surface area contributed by atoms with E-state index in [2.05, 4.69) is 54.8 Å². The molecule has 5 heteroatoms. The fourth-order valence-electron chi connectivity index (χ4n) is 5.18. The van der Waals surface area contributed by atoms with Crippen LogP contribution in [0.4, 0.5) is 0 Å². The van der Waals surface area contributed by atoms with Crippen LogP contribution >= 0.6 is 11.8 Å². The molecule has 0 spiro atoms. The van der Waals surface area contributed by atoms with Crippen molar-refractivity contribution in [1.29, 1.82) is 0 Å². The maximum Gasteiger partial charge on any atom is 0.320 e. The van der Waals surface area contributed by atoms with E-state index in [1.54, 1.807) is 0 Å². The number of esters is 1. The molecule has 0 N–H and O–H groups in total. The maximum absolute atomic E-state index is 12.5. The van der Waals surface area contributed by atoms with Crippen molar-refractivity contribution >= 4 is 17.7 Å². The summed E-state index contributed by atoms with van der Waals surface area (Å²) >= 11 is 2.06. The number of carbonyl (C=O) groups excluding carboxylic acids is 1. The Labute approximate surface area is 160 Å². The second-order valence-electron chi connectivity index (χ2n) is 7.60. The molecular weight excluding hydrogens is 346 g/mol. The summed E-state index contributed by atoms with van der Waals surface area (Å²) in [5.41, 5.74) is 2.92. The lowest BCUT2D eigenvalue weighted by Crippen LogP contribution is -2.46. The van der Waals surface area contributed by atoms with E-state index in [-0.39, 0.29) is 18.2 Å². The summed E-state index contributed by atoms with van der Waals surface area (Å²) in [4.78, 5) is 14.6. The number of ether oxygens (including phenoxy) is 2. The van der Waals surface area contributed by atoms with Gasteiger partial charge in [0.2, 0.25) is 0 Å². The van der Waals surface area contributed by atoms with E-state index in [0.29, 0.717) is 28.9 Å². The van der Waals surface area contributed by atoms with E-state index in [1.165, 1.54) is 11.1 Å². The summed E-state index contributed by atoms with van der Waals surface area (Å²) in [6.45, 7) is 6.32. The molecule has 1 aliphatic carbocycles. The molecule has 1 saturated heterocycles. The Bertz CT molecular complexity index is 662. The molecule has 0 aromatic heterocycles. The van der Waals surface area contributed by atoms with Crippen molar-refractivity contribution in [3.8, 4) is 0 Å². The first-order valence-electron chi connectivity index (χ1n) is 9.86. The van der Waals surface area contributed by atoms with Crippen LogP contribution in [-0.2, 0) is 14.3 Å². The first-order chi connectivity index (χ1) is 12.7. The quantitative estimate of drug-likeness (QED) is 0.707. The van der Waals surface area contributed by atoms with Crippen LogP contribution in [0.1, 0.15) is 48.3 Å². The third-order valence-electron chi connectivity index (χ3n) is 6.47. The van der Waals surface area contributed by atoms with Crippen molar-refractivity contribution in [2.24, 2.45) is 11.8 Å². The van der Waals surface area contributed by atoms with Gasteiger partial charge >= 0.3 is 5.97 Å². The Morgan fingerprint density at radius 3 is 2.23 bits per heavy atom. The van der Waals surface area contributed by atoms with E-state index in [9.17, 15) is 4.79 Å². The molecule has 2 unspecified atom stereocenters. The molecular formula is C21H29NO3S. The van der Waals surface area contributed by atoms with Gasteiger partial charge < -0.3 is 9.47 Å². The fraction of sp³-hybridized carbons (Fsp3) is 0.667. The van der Waals surface area contributed by atoms with Crippen molar-refractivity contribution in [3.05, 3.63) is 35.4 Å². The lowest BCUT2D eigenvalue weighted by Gasteiger charge is -2.44. The first kappa shape index (κ1) is 18.3. The zero-order chi connectivity index (χ0) is 18.3. The predicted octanol–water partition coefficient (Wildman–Crippen LogP) is 3.82. The number of hydrogen-bond donors (Lipinski definition) is 0. The average Bonchev–Trinajstić information content (AvgIpc) is 3.24. The van der Waals surface area contributed by atoms with Gasteiger partial charge in [0.1, 0.15) is 6.10 Å². The summed E-state index contributed by atoms with van der Waals surface area (Å²) < 4.78 is 11.9. The molecule has 26 heavy (non-hydrogen) atoms. The normalized spacial score (nSPS) is 34.6. The monoisotopic (exact) mass is 375 g/mol. The van der Waals surface area contributed by atoms with E-state index >= 15 is 0 Å². The largest absolute Gasteiger partial charge is 0.461 e. The van der Waals surface area contributed by atoms with E-state index in [1.807, 2.05) is 7.11 Å². The number of nitrogens with zero attached hydrogens (tertiary/aromatic N) is 1. The molecule has 2 heterocycles. The molecule has 6 atom stereocenters. The molecule has 2 fully saturated rings. The molecule has 1 saturated carbocycles. The van der Waals surface area contributed by atoms with Crippen LogP contribution in [-0.4, -0.2) is 49.8 Å². The second kappa shape index (κ2) is 7.53. The zero-order valence-electron chi connectivity index (χ0n) is 15.9. The summed E-state index contributed by atoms with van der Waals surface area (Å²) in [5.74, 6) is 0.749. The molecule has 0 amide bonds. The van der Waals surface area contributed by atoms with Crippen LogP contribution in [0, 0.1) is 11.8 Å². The summed E-state index contributed by atoms with van der Waals surface area (Å²) in [6, 6.07) is 8.80. The van der Waals surface area contributed by atoms with E-state index < -0.39 is 0 Å². The lowest BCUT2D eigenvalue weighted by molar-refractivity contribution is -0.160. The van der Waals surface area contributed by atoms with Crippen molar-refractivity contribution in [3.63, 3.8) is 0 Å². The minimum Gasteiger partial charge on any atom is -0.461 e. The SMILES string of the molecule is CCN(CC)CC(=O)O[C@@H]1CC[C@H](OC)C2C1[C@@H]1S[C@H]2c2ccccc21. The molecule has 2 bridgehead atoms. The number of benzene rings is 1. The highest BCUT2D eigenvalue weighted by molar-refractivity contribution is 8.00. The van der Waals surface area contributed by atoms with Gasteiger partial charge in [0, 0.05) is 29.4 Å². The molecule has 1 aromatic rings. The molecule has 4 nitrogen and oxygen atoms in total. The standard InChI is InChI=1S/C21H29NO3S/c1-4-22(5-2)12-17(23)25-16-11-10-15(24-3)18-19(16)21-14-9-7-6-8-13(14)20(18)26-21/h6-9,15-16,18-21H,4-5,10-12H2,1-3H3/t15-,16+,18?,19?,20-,21+/m0/s1. The summed E-state index contributed by atoms with van der Waals surface area (Å²) in [5, 5.41) is 0.917. The van der Waals surface area contributed by atoms with Crippen LogP contribution in [0.5, 0.6) is 0 Å². The minimum atomic E-state index is -0.0747. The average molecular weight is 376 g/mol. The molecule has 1 aromatic carbocycles. The van der Waals surface area contributed by atoms with E-state index in [4.69, 9.17) is 9.47 Å². The zero-order valence-corrected chi connectivity index (χ0v) is 16.7. The number of hydrogen-bond acceptors (Lipinski definition) is 5. The number of fused-ring (bicyclic) bond motifs is 8. The fourth-order valence-corrected chi connectivity index (χ4v) is 7.30. The molecule has 4 rings (SSSR count). The van der Waals surface area contributed by atoms with Gasteiger partial charge in [-0.1, -0.05) is 38.1 Å². The Hall–Kier alpha value is -1.04. The van der Waals surface area contributed by atoms with Crippen molar-refractivity contribution in [1.82, 2.24) is 4.90 Å². The van der Waals surface area contributed by atoms with Crippen LogP contribution in [0.15, 0.2) is 24.3 Å². The Kier molecular flexibility index (Phi) is 5.31. The minimum absolute atomic E-state index is 0.0188. The van der Waals surface area contributed by atoms with Crippen molar-refractivity contribution < 1.29 is 14.3 Å². The van der Waals surface area contributed by atoms with Gasteiger partial charge in [-0.2, -0.15) is 0 Å². The molecule has 142 valence electrons. The maximum atomic E-state index is 12.5. The van der Waals surface area contributed by atoms with Gasteiger partial charge in [-0.15, -0.1) is 11.8 Å². The van der Waals surface area contributed by atoms with Crippen LogP contribution < -0.4 is 0 Å². The summed E-state index contributed by atoms with van der Waals surface area (Å²) in [6.07, 6.45) is 2.18. The lowest BCUT2D eigenvalue weighted by atomic mass is 9.66. The number of rotatable bonds is 6. The highest BCUT2D eigenvalue weighted by Gasteiger charge is 2.59. The third-order valence-corrected chi connectivity index (χ3v) is 8.20. The topological polar surface area (TPSA) is 38.8 Å². The highest BCUT2D eigenvalue weighted by Crippen LogP contribution is 2.70. The number of methoxy groups -OCH3 is 1. The number of likely N-dealkylation sites (N-methyl/N-ethyl adjacent to an activating group) is 1. The Morgan fingerprint density at radius 2 is 1.65 bits per heavy atom. The van der Waals surface area contributed by atoms with Gasteiger partial charge in [-0.25, -0.2) is 0 Å². The van der Waals surface area contributed by atoms with Gasteiger partial charge in [0.15, 0.2) is 0 Å². The van der Waals surface area contributed by atoms with Crippen LogP contribution in [0.2, 0.25) is 0 Å². The first-order valence-corrected chi connectivity index (χ1v) is 10.8. The third kappa shape index (κ3) is 2.98. The van der Waals surface area contributed by atoms with Crippen LogP contribution in [0.3, 0.4) is 0 Å². The molecule has 2 aliphatic heterocycles. The predicted molar refractivity (Wildman–Crippen MR) is 104 cm³/mol. The van der Waals surface area contributed by atoms with Gasteiger partial charge in [0.05, 0.1) is 12.6 Å². The van der Waals surface area contributed by atoms with Crippen molar-refractivity contribution in [2.75, 3.05) is 26.7 Å². The van der Waals surface area contributed by atoms with Gasteiger partial charge in [-0.3, -0.25) is 9.69 Å². The summed E-state index contributed by atoms with van der Waals surface area (Å²) in [7, 11) is 1.83.